The minimum atomic E-state index is -5.51. The molecule has 11 nitrogen and oxygen atoms in total. The Morgan fingerprint density at radius 3 is 2.22 bits per heavy atom. The first-order valence-corrected chi connectivity index (χ1v) is 18.3. The second kappa shape index (κ2) is 13.8. The molecule has 46 heavy (non-hydrogen) atoms. The van der Waals surface area contributed by atoms with Crippen molar-refractivity contribution in [2.24, 2.45) is 5.10 Å². The molecule has 1 unspecified atom stereocenters. The average molecular weight is 708 g/mol. The molecule has 1 atom stereocenters. The van der Waals surface area contributed by atoms with E-state index in [9.17, 15) is 32.4 Å². The van der Waals surface area contributed by atoms with E-state index in [2.05, 4.69) is 36.6 Å². The van der Waals surface area contributed by atoms with Crippen molar-refractivity contribution >= 4 is 59.0 Å². The monoisotopic (exact) mass is 707 g/mol. The minimum absolute atomic E-state index is 0.0133. The van der Waals surface area contributed by atoms with E-state index in [-0.39, 0.29) is 38.9 Å². The first-order valence-electron chi connectivity index (χ1n) is 14.1. The van der Waals surface area contributed by atoms with Crippen LogP contribution in [0.5, 0.6) is 11.5 Å². The molecular formula is C33H34AsN3O8S. The van der Waals surface area contributed by atoms with Gasteiger partial charge in [-0.3, -0.25) is 0 Å². The fraction of sp³-hybridized carbons (Fsp3) is 0.212. The van der Waals surface area contributed by atoms with E-state index in [0.717, 1.165) is 23.8 Å². The zero-order chi connectivity index (χ0) is 33.8. The number of anilines is 1. The fourth-order valence-electron chi connectivity index (χ4n) is 4.40. The van der Waals surface area contributed by atoms with Crippen LogP contribution in [0, 0.1) is 0 Å². The van der Waals surface area contributed by atoms with Crippen LogP contribution in [0.25, 0.3) is 10.4 Å². The van der Waals surface area contributed by atoms with Crippen molar-refractivity contribution in [3.63, 3.8) is 0 Å². The molecule has 0 bridgehead atoms. The van der Waals surface area contributed by atoms with Gasteiger partial charge in [-0.1, -0.05) is 45.0 Å². The van der Waals surface area contributed by atoms with Crippen molar-refractivity contribution in [1.29, 1.82) is 0 Å². The molecule has 5 N–H and O–H groups in total. The third-order valence-electron chi connectivity index (χ3n) is 6.87. The Morgan fingerprint density at radius 1 is 0.957 bits per heavy atom. The Balaban J connectivity index is 1.37. The van der Waals surface area contributed by atoms with Gasteiger partial charge in [0.1, 0.15) is 5.75 Å². The van der Waals surface area contributed by atoms with E-state index in [4.69, 9.17) is 3.73 Å². The molecular weight excluding hydrogens is 673 g/mol. The Hall–Kier alpha value is -4.64. The van der Waals surface area contributed by atoms with E-state index in [0.29, 0.717) is 21.7 Å². The van der Waals surface area contributed by atoms with Gasteiger partial charge in [0.15, 0.2) is 0 Å². The Morgan fingerprint density at radius 2 is 1.61 bits per heavy atom. The second-order valence-electron chi connectivity index (χ2n) is 11.5. The second-order valence-corrected chi connectivity index (χ2v) is 16.0. The van der Waals surface area contributed by atoms with Crippen molar-refractivity contribution in [1.82, 2.24) is 5.43 Å². The summed E-state index contributed by atoms with van der Waals surface area (Å²) in [5.41, 5.74) is 5.82. The van der Waals surface area contributed by atoms with Gasteiger partial charge in [-0.25, -0.2) is 0 Å². The van der Waals surface area contributed by atoms with Crippen molar-refractivity contribution in [3.8, 4) is 21.9 Å². The average Bonchev–Trinajstić information content (AvgIpc) is 3.36. The number of nitrogens with one attached hydrogen (secondary N) is 2. The summed E-state index contributed by atoms with van der Waals surface area (Å²) >= 11 is -4.13. The topological polar surface area (TPSA) is 175 Å². The molecule has 0 aliphatic rings. The summed E-state index contributed by atoms with van der Waals surface area (Å²) in [6.07, 6.45) is -0.0803. The van der Waals surface area contributed by atoms with Gasteiger partial charge in [0.2, 0.25) is 0 Å². The molecule has 4 aromatic rings. The molecule has 0 saturated heterocycles. The number of carbonyl (C=O) groups excluding carboxylic acids is 3. The predicted octanol–water partition coefficient (Wildman–Crippen LogP) is 4.59. The van der Waals surface area contributed by atoms with Crippen LogP contribution in [0.4, 0.5) is 5.69 Å². The standard InChI is InChI=1S/C33H34AsN3O8S/c1-19(26-18-46-31(30(26)41)22-10-12-24(13-11-22)33(3,4)5)36-37-29(40)16-21-6-8-23(9-7-21)32(42)45-34(43,44)27-15-14-25(39)17-28(27)35-20(2)38/h6-15,17-18,39,41H,16H2,1-5H3,(H,35,38)(H,37,40)(H,43,44). The summed E-state index contributed by atoms with van der Waals surface area (Å²) in [6, 6.07) is 17.0. The molecule has 13 heteroatoms. The van der Waals surface area contributed by atoms with E-state index in [1.807, 2.05) is 24.3 Å². The predicted molar refractivity (Wildman–Crippen MR) is 177 cm³/mol. The number of nitrogens with zero attached hydrogens (tertiary/aromatic N) is 1. The van der Waals surface area contributed by atoms with E-state index in [1.165, 1.54) is 48.1 Å². The number of phenols is 1. The van der Waals surface area contributed by atoms with Crippen molar-refractivity contribution < 1.29 is 36.2 Å². The quantitative estimate of drug-likeness (QED) is 0.0954. The van der Waals surface area contributed by atoms with Crippen molar-refractivity contribution in [2.75, 3.05) is 5.32 Å². The number of thiophene rings is 1. The third kappa shape index (κ3) is 8.33. The maximum atomic E-state index is 13.0. The molecule has 0 aliphatic heterocycles. The van der Waals surface area contributed by atoms with Gasteiger partial charge in [0, 0.05) is 5.38 Å². The summed E-state index contributed by atoms with van der Waals surface area (Å²) in [5.74, 6) is -2.25. The van der Waals surface area contributed by atoms with Gasteiger partial charge in [-0.15, -0.1) is 11.3 Å². The summed E-state index contributed by atoms with van der Waals surface area (Å²) in [5, 5.41) is 28.8. The van der Waals surface area contributed by atoms with Crippen LogP contribution in [0.3, 0.4) is 0 Å². The number of hydrazone groups is 1. The van der Waals surface area contributed by atoms with Crippen molar-refractivity contribution in [2.45, 2.75) is 46.5 Å². The zero-order valence-electron chi connectivity index (χ0n) is 25.8. The summed E-state index contributed by atoms with van der Waals surface area (Å²) in [7, 11) is 0. The molecule has 1 heterocycles. The third-order valence-corrected chi connectivity index (χ3v) is 10.9. The molecule has 0 spiro atoms. The normalized spacial score (nSPS) is 13.0. The number of amides is 2. The first kappa shape index (κ1) is 34.2. The fourth-order valence-corrected chi connectivity index (χ4v) is 7.75. The number of hydrogen-bond donors (Lipinski definition) is 5. The van der Waals surface area contributed by atoms with Gasteiger partial charge < -0.3 is 5.11 Å². The van der Waals surface area contributed by atoms with E-state index >= 15 is 0 Å². The van der Waals surface area contributed by atoms with Crippen LogP contribution in [0.15, 0.2) is 77.2 Å². The van der Waals surface area contributed by atoms with Gasteiger partial charge in [-0.05, 0) is 16.5 Å². The van der Waals surface area contributed by atoms with Gasteiger partial charge >= 0.3 is 180 Å². The number of benzene rings is 3. The van der Waals surface area contributed by atoms with Crippen LogP contribution in [0.1, 0.15) is 61.7 Å². The van der Waals surface area contributed by atoms with Gasteiger partial charge in [0.05, 0.1) is 4.88 Å². The van der Waals surface area contributed by atoms with Crippen LogP contribution in [0.2, 0.25) is 0 Å². The van der Waals surface area contributed by atoms with Crippen molar-refractivity contribution in [3.05, 3.63) is 94.4 Å². The Kier molecular flexibility index (Phi) is 10.3. The summed E-state index contributed by atoms with van der Waals surface area (Å²) < 4.78 is 28.1. The summed E-state index contributed by atoms with van der Waals surface area (Å²) in [4.78, 5) is 37.4. The molecule has 4 rings (SSSR count). The number of rotatable bonds is 9. The summed E-state index contributed by atoms with van der Waals surface area (Å²) in [6.45, 7) is 9.26. The zero-order valence-corrected chi connectivity index (χ0v) is 28.5. The van der Waals surface area contributed by atoms with E-state index < -0.39 is 32.0 Å². The molecule has 0 fully saturated rings. The molecule has 0 saturated carbocycles. The molecule has 0 aliphatic carbocycles. The molecule has 3 aromatic carbocycles. The SMILES string of the molecule is CC(=O)Nc1cc(O)ccc1[As](=O)(O)OC(=O)c1ccc(CC(=O)NN=C(C)c2csc(-c3ccc(C(C)(C)C)cc3)c2O)cc1. The molecule has 240 valence electrons. The van der Waals surface area contributed by atoms with Crippen LogP contribution in [-0.2, 0) is 28.9 Å². The van der Waals surface area contributed by atoms with Crippen LogP contribution in [-0.4, -0.2) is 52.0 Å². The molecule has 2 amide bonds. The first-order chi connectivity index (χ1) is 21.5. The van der Waals surface area contributed by atoms with Crippen LogP contribution >= 0.6 is 11.3 Å². The number of hydrogen-bond acceptors (Lipinski definition) is 9. The van der Waals surface area contributed by atoms with Crippen LogP contribution < -0.4 is 15.1 Å². The maximum absolute atomic E-state index is 13.0. The van der Waals surface area contributed by atoms with E-state index in [1.54, 1.807) is 12.3 Å². The van der Waals surface area contributed by atoms with Gasteiger partial charge in [-0.2, -0.15) is 0 Å². The number of aromatic hydroxyl groups is 2. The number of phenolic OH excluding ortho intramolecular Hbond substituents is 1. The molecule has 1 aromatic heterocycles. The Bertz CT molecular complexity index is 1860. The number of carbonyl (C=O) groups is 3. The Labute approximate surface area is 272 Å². The van der Waals surface area contributed by atoms with Gasteiger partial charge in [0.25, 0.3) is 0 Å². The molecule has 0 radical (unpaired) electrons.